The number of carbonyl (C=O) groups is 2. The lowest BCUT2D eigenvalue weighted by Crippen LogP contribution is -2.32. The number of rotatable bonds is 17. The van der Waals surface area contributed by atoms with Crippen molar-refractivity contribution in [2.24, 2.45) is 5.92 Å². The summed E-state index contributed by atoms with van der Waals surface area (Å²) in [7, 11) is 0. The Morgan fingerprint density at radius 2 is 1.29 bits per heavy atom. The molecule has 0 aromatic heterocycles. The first-order valence-electron chi connectivity index (χ1n) is 10.1. The number of nitrogens with one attached hydrogen (secondary N) is 1. The number of carboxylic acid groups (broad SMARTS) is 1. The van der Waals surface area contributed by atoms with Gasteiger partial charge in [-0.15, -0.1) is 0 Å². The molecule has 0 fully saturated rings. The number of amides is 1. The minimum Gasteiger partial charge on any atom is -0.481 e. The van der Waals surface area contributed by atoms with E-state index >= 15 is 0 Å². The van der Waals surface area contributed by atoms with Crippen LogP contribution in [-0.4, -0.2) is 23.5 Å². The van der Waals surface area contributed by atoms with Crippen LogP contribution in [0.5, 0.6) is 0 Å². The normalized spacial score (nSPS) is 12.1. The molecule has 0 saturated carbocycles. The lowest BCUT2D eigenvalue weighted by Gasteiger charge is -2.14. The maximum atomic E-state index is 12.1. The van der Waals surface area contributed by atoms with Gasteiger partial charge in [-0.3, -0.25) is 9.59 Å². The quantitative estimate of drug-likeness (QED) is 0.353. The zero-order chi connectivity index (χ0) is 18.0. The zero-order valence-corrected chi connectivity index (χ0v) is 15.9. The van der Waals surface area contributed by atoms with Crippen molar-refractivity contribution in [3.63, 3.8) is 0 Å². The molecule has 4 nitrogen and oxygen atoms in total. The lowest BCUT2D eigenvalue weighted by atomic mass is 9.97. The summed E-state index contributed by atoms with van der Waals surface area (Å²) < 4.78 is 0. The van der Waals surface area contributed by atoms with Crippen molar-refractivity contribution in [2.75, 3.05) is 6.54 Å². The van der Waals surface area contributed by atoms with Crippen LogP contribution in [0.1, 0.15) is 104 Å². The fraction of sp³-hybridized carbons (Fsp3) is 0.900. The molecule has 0 rings (SSSR count). The fourth-order valence-corrected chi connectivity index (χ4v) is 2.96. The maximum Gasteiger partial charge on any atom is 0.304 e. The first-order chi connectivity index (χ1) is 11.6. The van der Waals surface area contributed by atoms with E-state index in [1.54, 1.807) is 0 Å². The van der Waals surface area contributed by atoms with Gasteiger partial charge in [0.1, 0.15) is 0 Å². The summed E-state index contributed by atoms with van der Waals surface area (Å²) in [6.07, 6.45) is 15.3. The molecule has 0 radical (unpaired) electrons. The van der Waals surface area contributed by atoms with Crippen molar-refractivity contribution in [3.8, 4) is 0 Å². The number of hydrogen-bond donors (Lipinski definition) is 2. The largest absolute Gasteiger partial charge is 0.481 e. The second-order valence-corrected chi connectivity index (χ2v) is 6.91. The van der Waals surface area contributed by atoms with Gasteiger partial charge in [0.25, 0.3) is 0 Å². The Bertz CT molecular complexity index is 318. The molecule has 0 heterocycles. The number of carboxylic acids is 1. The molecule has 1 atom stereocenters. The summed E-state index contributed by atoms with van der Waals surface area (Å²) in [6.45, 7) is 4.98. The van der Waals surface area contributed by atoms with E-state index in [1.807, 2.05) is 0 Å². The number of aliphatic carboxylic acids is 1. The summed E-state index contributed by atoms with van der Waals surface area (Å²) in [5.41, 5.74) is 0. The molecular weight excluding hydrogens is 302 g/mol. The van der Waals surface area contributed by atoms with Gasteiger partial charge in [-0.2, -0.15) is 0 Å². The highest BCUT2D eigenvalue weighted by Crippen LogP contribution is 2.14. The molecule has 0 aliphatic heterocycles. The molecule has 0 aliphatic rings. The first kappa shape index (κ1) is 22.9. The van der Waals surface area contributed by atoms with E-state index in [0.717, 1.165) is 25.7 Å². The molecule has 142 valence electrons. The third-order valence-corrected chi connectivity index (χ3v) is 4.53. The molecule has 0 aromatic carbocycles. The average molecular weight is 342 g/mol. The van der Waals surface area contributed by atoms with Crippen LogP contribution in [0.15, 0.2) is 0 Å². The summed E-state index contributed by atoms with van der Waals surface area (Å²) in [5.74, 6) is -1.34. The Labute approximate surface area is 148 Å². The van der Waals surface area contributed by atoms with E-state index in [0.29, 0.717) is 13.0 Å². The summed E-state index contributed by atoms with van der Waals surface area (Å²) in [4.78, 5) is 22.9. The summed E-state index contributed by atoms with van der Waals surface area (Å²) in [6, 6.07) is 0. The van der Waals surface area contributed by atoms with E-state index in [2.05, 4.69) is 19.2 Å². The molecule has 2 N–H and O–H groups in total. The van der Waals surface area contributed by atoms with Crippen molar-refractivity contribution >= 4 is 11.9 Å². The molecule has 1 amide bonds. The zero-order valence-electron chi connectivity index (χ0n) is 15.9. The van der Waals surface area contributed by atoms with E-state index in [-0.39, 0.29) is 18.2 Å². The van der Waals surface area contributed by atoms with Crippen molar-refractivity contribution in [2.45, 2.75) is 104 Å². The Morgan fingerprint density at radius 3 is 1.79 bits per heavy atom. The molecule has 1 unspecified atom stereocenters. The van der Waals surface area contributed by atoms with Crippen LogP contribution >= 0.6 is 0 Å². The first-order valence-corrected chi connectivity index (χ1v) is 10.1. The third kappa shape index (κ3) is 14.5. The average Bonchev–Trinajstić information content (AvgIpc) is 2.55. The molecule has 0 aliphatic carbocycles. The highest BCUT2D eigenvalue weighted by molar-refractivity contribution is 5.83. The molecular formula is C20H39NO3. The van der Waals surface area contributed by atoms with Crippen LogP contribution in [0.25, 0.3) is 0 Å². The van der Waals surface area contributed by atoms with E-state index < -0.39 is 5.97 Å². The van der Waals surface area contributed by atoms with Gasteiger partial charge < -0.3 is 10.4 Å². The van der Waals surface area contributed by atoms with E-state index in [1.165, 1.54) is 51.4 Å². The van der Waals surface area contributed by atoms with Crippen LogP contribution in [0, 0.1) is 5.92 Å². The van der Waals surface area contributed by atoms with Crippen LogP contribution in [0.3, 0.4) is 0 Å². The Morgan fingerprint density at radius 1 is 0.792 bits per heavy atom. The molecule has 0 saturated heterocycles. The van der Waals surface area contributed by atoms with Crippen LogP contribution in [0.2, 0.25) is 0 Å². The van der Waals surface area contributed by atoms with Crippen molar-refractivity contribution < 1.29 is 14.7 Å². The Hall–Kier alpha value is -1.06. The van der Waals surface area contributed by atoms with Gasteiger partial charge in [-0.25, -0.2) is 0 Å². The molecule has 0 aromatic rings. The second kappa shape index (κ2) is 16.8. The smallest absolute Gasteiger partial charge is 0.304 e. The summed E-state index contributed by atoms with van der Waals surface area (Å²) in [5, 5.41) is 11.8. The van der Waals surface area contributed by atoms with Crippen LogP contribution in [0.4, 0.5) is 0 Å². The van der Waals surface area contributed by atoms with Crippen molar-refractivity contribution in [1.82, 2.24) is 5.32 Å². The van der Waals surface area contributed by atoms with E-state index in [4.69, 9.17) is 5.11 Å². The van der Waals surface area contributed by atoms with Gasteiger partial charge in [0.2, 0.25) is 5.91 Å². The van der Waals surface area contributed by atoms with Gasteiger partial charge >= 0.3 is 5.97 Å². The maximum absolute atomic E-state index is 12.1. The van der Waals surface area contributed by atoms with Gasteiger partial charge in [-0.1, -0.05) is 84.5 Å². The minimum atomic E-state index is -0.884. The highest BCUT2D eigenvalue weighted by atomic mass is 16.4. The second-order valence-electron chi connectivity index (χ2n) is 6.91. The minimum absolute atomic E-state index is 0.0517. The topological polar surface area (TPSA) is 66.4 Å². The van der Waals surface area contributed by atoms with Gasteiger partial charge in [0, 0.05) is 12.5 Å². The van der Waals surface area contributed by atoms with Gasteiger partial charge in [0.15, 0.2) is 0 Å². The Balaban J connectivity index is 3.59. The fourth-order valence-electron chi connectivity index (χ4n) is 2.96. The van der Waals surface area contributed by atoms with Crippen molar-refractivity contribution in [1.29, 1.82) is 0 Å². The molecule has 4 heteroatoms. The molecule has 0 bridgehead atoms. The predicted octanol–water partition coefficient (Wildman–Crippen LogP) is 5.30. The molecule has 0 spiro atoms. The number of unbranched alkanes of at least 4 members (excludes halogenated alkanes) is 10. The number of hydrogen-bond acceptors (Lipinski definition) is 2. The van der Waals surface area contributed by atoms with Crippen molar-refractivity contribution in [3.05, 3.63) is 0 Å². The monoisotopic (exact) mass is 341 g/mol. The SMILES string of the molecule is CCCCCCCCCCCCNC(=O)C(CCCC)CC(=O)O. The standard InChI is InChI=1S/C20H39NO3/c1-3-5-7-8-9-10-11-12-13-14-16-21-20(24)18(15-6-4-2)17-19(22)23/h18H,3-17H2,1-2H3,(H,21,24)(H,22,23). The lowest BCUT2D eigenvalue weighted by molar-refractivity contribution is -0.141. The Kier molecular flexibility index (Phi) is 16.0. The predicted molar refractivity (Wildman–Crippen MR) is 100 cm³/mol. The third-order valence-electron chi connectivity index (χ3n) is 4.53. The summed E-state index contributed by atoms with van der Waals surface area (Å²) >= 11 is 0. The van der Waals surface area contributed by atoms with Gasteiger partial charge in [0.05, 0.1) is 6.42 Å². The molecule has 24 heavy (non-hydrogen) atoms. The van der Waals surface area contributed by atoms with Gasteiger partial charge in [-0.05, 0) is 12.8 Å². The van der Waals surface area contributed by atoms with Crippen LogP contribution in [-0.2, 0) is 9.59 Å². The highest BCUT2D eigenvalue weighted by Gasteiger charge is 2.20. The number of carbonyl (C=O) groups excluding carboxylic acids is 1. The van der Waals surface area contributed by atoms with Crippen LogP contribution < -0.4 is 5.32 Å². The van der Waals surface area contributed by atoms with E-state index in [9.17, 15) is 9.59 Å².